The van der Waals surface area contributed by atoms with Crippen molar-refractivity contribution in [1.82, 2.24) is 4.98 Å². The van der Waals surface area contributed by atoms with Gasteiger partial charge in [0.1, 0.15) is 17.0 Å². The SMILES string of the molecule is Cc1c(OCOCC[Si](C)(C)C)c(-c2ccc3c(c2)CCCO3)c2cc(-c3ccccc3)[nH]c2c1[N+](=O)[O-]. The van der Waals surface area contributed by atoms with Gasteiger partial charge in [0.05, 0.1) is 17.1 Å². The van der Waals surface area contributed by atoms with Gasteiger partial charge >= 0.3 is 0 Å². The number of aromatic amines is 1. The molecular weight excluding hydrogens is 496 g/mol. The predicted molar refractivity (Wildman–Crippen MR) is 154 cm³/mol. The van der Waals surface area contributed by atoms with Crippen molar-refractivity contribution in [2.75, 3.05) is 20.0 Å². The quantitative estimate of drug-likeness (QED) is 0.0786. The molecule has 0 atom stereocenters. The molecule has 3 aromatic carbocycles. The first-order valence-corrected chi connectivity index (χ1v) is 16.8. The first-order valence-electron chi connectivity index (χ1n) is 13.1. The van der Waals surface area contributed by atoms with Gasteiger partial charge in [-0.05, 0) is 60.7 Å². The molecular formula is C30H34N2O5Si. The van der Waals surface area contributed by atoms with E-state index in [2.05, 4.69) is 30.7 Å². The standard InChI is InChI=1S/C30H34N2O5Si/c1-20-29(32(33)34)28-24(18-25(31-28)21-9-6-5-7-10-21)27(30(20)37-19-35-15-16-38(2,3)4)23-12-13-26-22(17-23)11-8-14-36-26/h5-7,9-10,12-13,17-18,31H,8,11,14-16,19H2,1-4H3. The van der Waals surface area contributed by atoms with E-state index in [9.17, 15) is 10.1 Å². The monoisotopic (exact) mass is 530 g/mol. The molecule has 1 aliphatic heterocycles. The minimum Gasteiger partial charge on any atom is -0.493 e. The molecule has 8 heteroatoms. The van der Waals surface area contributed by atoms with Gasteiger partial charge in [-0.1, -0.05) is 56.0 Å². The number of aryl methyl sites for hydroxylation is 1. The summed E-state index contributed by atoms with van der Waals surface area (Å²) in [5, 5.41) is 13.1. The van der Waals surface area contributed by atoms with Gasteiger partial charge in [-0.15, -0.1) is 0 Å². The smallest absolute Gasteiger partial charge is 0.299 e. The van der Waals surface area contributed by atoms with E-state index in [0.29, 0.717) is 30.0 Å². The summed E-state index contributed by atoms with van der Waals surface area (Å²) >= 11 is 0. The number of H-pyrrole nitrogens is 1. The molecule has 0 unspecified atom stereocenters. The van der Waals surface area contributed by atoms with Crippen LogP contribution in [0.1, 0.15) is 17.5 Å². The number of hydrogen-bond donors (Lipinski definition) is 1. The van der Waals surface area contributed by atoms with Crippen molar-refractivity contribution in [2.45, 2.75) is 45.5 Å². The van der Waals surface area contributed by atoms with Crippen LogP contribution in [0, 0.1) is 17.0 Å². The third kappa shape index (κ3) is 5.32. The van der Waals surface area contributed by atoms with Gasteiger partial charge in [0.2, 0.25) is 0 Å². The second kappa shape index (κ2) is 10.6. The molecule has 1 aliphatic rings. The molecule has 0 bridgehead atoms. The van der Waals surface area contributed by atoms with Gasteiger partial charge in [0.15, 0.2) is 6.79 Å². The molecule has 0 radical (unpaired) electrons. The lowest BCUT2D eigenvalue weighted by Crippen LogP contribution is -2.22. The Kier molecular flexibility index (Phi) is 7.27. The van der Waals surface area contributed by atoms with Crippen molar-refractivity contribution in [2.24, 2.45) is 0 Å². The number of benzene rings is 3. The fourth-order valence-electron chi connectivity index (χ4n) is 4.97. The molecule has 198 valence electrons. The van der Waals surface area contributed by atoms with Crippen LogP contribution >= 0.6 is 0 Å². The molecule has 0 saturated carbocycles. The van der Waals surface area contributed by atoms with Crippen LogP contribution in [-0.4, -0.2) is 38.0 Å². The van der Waals surface area contributed by atoms with Crippen molar-refractivity contribution < 1.29 is 19.1 Å². The summed E-state index contributed by atoms with van der Waals surface area (Å²) in [7, 11) is -1.25. The first kappa shape index (κ1) is 26.0. The molecule has 1 aromatic heterocycles. The minimum absolute atomic E-state index is 0.0179. The Balaban J connectivity index is 1.67. The van der Waals surface area contributed by atoms with Crippen molar-refractivity contribution >= 4 is 24.7 Å². The molecule has 0 spiro atoms. The van der Waals surface area contributed by atoms with Crippen molar-refractivity contribution in [3.05, 3.63) is 75.8 Å². The van der Waals surface area contributed by atoms with E-state index in [-0.39, 0.29) is 17.4 Å². The van der Waals surface area contributed by atoms with Crippen LogP contribution in [0.4, 0.5) is 5.69 Å². The predicted octanol–water partition coefficient (Wildman–Crippen LogP) is 7.73. The van der Waals surface area contributed by atoms with Crippen LogP contribution in [0.25, 0.3) is 33.3 Å². The van der Waals surface area contributed by atoms with Gasteiger partial charge in [0.25, 0.3) is 5.69 Å². The van der Waals surface area contributed by atoms with Crippen LogP contribution in [0.5, 0.6) is 11.5 Å². The Morgan fingerprint density at radius 2 is 1.87 bits per heavy atom. The number of ether oxygens (including phenoxy) is 3. The van der Waals surface area contributed by atoms with Crippen LogP contribution in [-0.2, 0) is 11.2 Å². The highest BCUT2D eigenvalue weighted by atomic mass is 28.3. The zero-order valence-electron chi connectivity index (χ0n) is 22.4. The number of hydrogen-bond acceptors (Lipinski definition) is 5. The fourth-order valence-corrected chi connectivity index (χ4v) is 5.72. The lowest BCUT2D eigenvalue weighted by molar-refractivity contribution is -0.383. The van der Waals surface area contributed by atoms with Crippen molar-refractivity contribution in [1.29, 1.82) is 0 Å². The number of rotatable bonds is 9. The van der Waals surface area contributed by atoms with Gasteiger partial charge in [-0.25, -0.2) is 0 Å². The Morgan fingerprint density at radius 1 is 1.08 bits per heavy atom. The molecule has 1 N–H and O–H groups in total. The molecule has 0 saturated heterocycles. The Morgan fingerprint density at radius 3 is 2.61 bits per heavy atom. The molecule has 5 rings (SSSR count). The van der Waals surface area contributed by atoms with Crippen LogP contribution in [0.3, 0.4) is 0 Å². The van der Waals surface area contributed by atoms with E-state index in [4.69, 9.17) is 14.2 Å². The highest BCUT2D eigenvalue weighted by Crippen LogP contribution is 2.47. The van der Waals surface area contributed by atoms with Gasteiger partial charge in [0, 0.05) is 31.3 Å². The second-order valence-electron chi connectivity index (χ2n) is 11.0. The van der Waals surface area contributed by atoms with Gasteiger partial charge in [-0.2, -0.15) is 0 Å². The number of nitrogens with zero attached hydrogens (tertiary/aromatic N) is 1. The van der Waals surface area contributed by atoms with Crippen LogP contribution in [0.15, 0.2) is 54.6 Å². The topological polar surface area (TPSA) is 86.6 Å². The maximum Gasteiger partial charge on any atom is 0.299 e. The maximum absolute atomic E-state index is 12.3. The van der Waals surface area contributed by atoms with E-state index in [1.54, 1.807) is 6.92 Å². The summed E-state index contributed by atoms with van der Waals surface area (Å²) in [5.41, 5.74) is 5.64. The van der Waals surface area contributed by atoms with E-state index in [0.717, 1.165) is 58.0 Å². The summed E-state index contributed by atoms with van der Waals surface area (Å²) in [6.45, 7) is 10.0. The Bertz CT molecular complexity index is 1470. The lowest BCUT2D eigenvalue weighted by Gasteiger charge is -2.20. The highest BCUT2D eigenvalue weighted by Gasteiger charge is 2.29. The van der Waals surface area contributed by atoms with Crippen molar-refractivity contribution in [3.8, 4) is 33.9 Å². The summed E-state index contributed by atoms with van der Waals surface area (Å²) in [5.74, 6) is 1.37. The number of aromatic nitrogens is 1. The molecule has 38 heavy (non-hydrogen) atoms. The van der Waals surface area contributed by atoms with Crippen LogP contribution in [0.2, 0.25) is 25.7 Å². The zero-order chi connectivity index (χ0) is 26.9. The normalized spacial score (nSPS) is 13.3. The summed E-state index contributed by atoms with van der Waals surface area (Å²) in [6.07, 6.45) is 1.89. The molecule has 0 amide bonds. The second-order valence-corrected chi connectivity index (χ2v) is 16.6. The Labute approximate surface area is 223 Å². The molecule has 2 heterocycles. The minimum atomic E-state index is -1.25. The average molecular weight is 531 g/mol. The lowest BCUT2D eigenvalue weighted by atomic mass is 9.93. The summed E-state index contributed by atoms with van der Waals surface area (Å²) in [4.78, 5) is 15.4. The molecule has 0 fully saturated rings. The van der Waals surface area contributed by atoms with Crippen LogP contribution < -0.4 is 9.47 Å². The number of nitro groups is 1. The Hall–Kier alpha value is -3.62. The number of nitrogens with one attached hydrogen (secondary N) is 1. The van der Waals surface area contributed by atoms with Gasteiger partial charge < -0.3 is 19.2 Å². The number of nitro benzene ring substituents is 1. The maximum atomic E-state index is 12.3. The van der Waals surface area contributed by atoms with Crippen molar-refractivity contribution in [3.63, 3.8) is 0 Å². The van der Waals surface area contributed by atoms with E-state index >= 15 is 0 Å². The first-order chi connectivity index (χ1) is 18.2. The highest BCUT2D eigenvalue weighted by molar-refractivity contribution is 6.76. The fraction of sp³-hybridized carbons (Fsp3) is 0.333. The summed E-state index contributed by atoms with van der Waals surface area (Å²) < 4.78 is 17.9. The molecule has 0 aliphatic carbocycles. The van der Waals surface area contributed by atoms with E-state index < -0.39 is 8.07 Å². The third-order valence-electron chi connectivity index (χ3n) is 6.99. The number of fused-ring (bicyclic) bond motifs is 2. The molecule has 4 aromatic rings. The van der Waals surface area contributed by atoms with Gasteiger partial charge in [-0.3, -0.25) is 10.1 Å². The third-order valence-corrected chi connectivity index (χ3v) is 8.70. The zero-order valence-corrected chi connectivity index (χ0v) is 23.4. The van der Waals surface area contributed by atoms with E-state index in [1.165, 1.54) is 0 Å². The molecule has 7 nitrogen and oxygen atoms in total. The largest absolute Gasteiger partial charge is 0.493 e. The summed E-state index contributed by atoms with van der Waals surface area (Å²) in [6, 6.07) is 19.0. The average Bonchev–Trinajstić information content (AvgIpc) is 3.32. The van der Waals surface area contributed by atoms with E-state index in [1.807, 2.05) is 48.5 Å².